The quantitative estimate of drug-likeness (QED) is 0.795. The molecule has 80 valence electrons. The van der Waals surface area contributed by atoms with E-state index in [1.165, 1.54) is 30.4 Å². The lowest BCUT2D eigenvalue weighted by Gasteiger charge is -2.19. The highest BCUT2D eigenvalue weighted by Gasteiger charge is 2.13. The molecule has 0 aromatic heterocycles. The summed E-state index contributed by atoms with van der Waals surface area (Å²) in [6.07, 6.45) is 4.81. The SMILES string of the molecule is NC(=S)COc1cccc2c1CCCC2. The second-order valence-corrected chi connectivity index (χ2v) is 4.38. The van der Waals surface area contributed by atoms with Crippen LogP contribution in [0.25, 0.3) is 0 Å². The van der Waals surface area contributed by atoms with Crippen molar-refractivity contribution in [1.29, 1.82) is 0 Å². The maximum absolute atomic E-state index is 5.60. The van der Waals surface area contributed by atoms with Gasteiger partial charge in [-0.2, -0.15) is 0 Å². The fourth-order valence-corrected chi connectivity index (χ4v) is 2.09. The summed E-state index contributed by atoms with van der Waals surface area (Å²) in [5.41, 5.74) is 8.19. The molecule has 1 aromatic carbocycles. The number of ether oxygens (including phenoxy) is 1. The number of rotatable bonds is 3. The van der Waals surface area contributed by atoms with Gasteiger partial charge in [0.15, 0.2) is 0 Å². The van der Waals surface area contributed by atoms with Crippen LogP contribution in [0.3, 0.4) is 0 Å². The van der Waals surface area contributed by atoms with Crippen LogP contribution in [0.15, 0.2) is 18.2 Å². The molecule has 3 heteroatoms. The lowest BCUT2D eigenvalue weighted by Crippen LogP contribution is -2.19. The van der Waals surface area contributed by atoms with Gasteiger partial charge in [-0.25, -0.2) is 0 Å². The van der Waals surface area contributed by atoms with Crippen molar-refractivity contribution in [3.63, 3.8) is 0 Å². The summed E-state index contributed by atoms with van der Waals surface area (Å²) in [6.45, 7) is 0.339. The maximum Gasteiger partial charge on any atom is 0.138 e. The molecule has 0 unspecified atom stereocenters. The highest BCUT2D eigenvalue weighted by Crippen LogP contribution is 2.29. The van der Waals surface area contributed by atoms with Crippen molar-refractivity contribution in [2.75, 3.05) is 6.61 Å². The van der Waals surface area contributed by atoms with Crippen molar-refractivity contribution < 1.29 is 4.74 Å². The number of hydrogen-bond donors (Lipinski definition) is 1. The molecular weight excluding hydrogens is 206 g/mol. The van der Waals surface area contributed by atoms with Gasteiger partial charge >= 0.3 is 0 Å². The molecule has 0 radical (unpaired) electrons. The van der Waals surface area contributed by atoms with Crippen molar-refractivity contribution in [3.05, 3.63) is 29.3 Å². The molecule has 1 aromatic rings. The first-order valence-electron chi connectivity index (χ1n) is 5.29. The van der Waals surface area contributed by atoms with E-state index in [1.54, 1.807) is 0 Å². The predicted molar refractivity (Wildman–Crippen MR) is 65.4 cm³/mol. The van der Waals surface area contributed by atoms with E-state index in [0.29, 0.717) is 11.6 Å². The number of thiocarbonyl (C=S) groups is 1. The van der Waals surface area contributed by atoms with E-state index in [-0.39, 0.29) is 0 Å². The monoisotopic (exact) mass is 221 g/mol. The van der Waals surface area contributed by atoms with Crippen LogP contribution in [0.2, 0.25) is 0 Å². The van der Waals surface area contributed by atoms with E-state index in [1.807, 2.05) is 12.1 Å². The van der Waals surface area contributed by atoms with Gasteiger partial charge in [-0.15, -0.1) is 0 Å². The molecule has 0 aliphatic heterocycles. The van der Waals surface area contributed by atoms with Crippen LogP contribution in [0, 0.1) is 0 Å². The van der Waals surface area contributed by atoms with Crippen molar-refractivity contribution >= 4 is 17.2 Å². The molecule has 0 spiro atoms. The fourth-order valence-electron chi connectivity index (χ4n) is 2.03. The molecule has 0 bridgehead atoms. The molecule has 2 rings (SSSR count). The normalized spacial score (nSPS) is 14.4. The minimum Gasteiger partial charge on any atom is -0.486 e. The third-order valence-electron chi connectivity index (χ3n) is 2.72. The fraction of sp³-hybridized carbons (Fsp3) is 0.417. The summed E-state index contributed by atoms with van der Waals surface area (Å²) in [7, 11) is 0. The van der Waals surface area contributed by atoms with Crippen LogP contribution >= 0.6 is 12.2 Å². The molecule has 0 atom stereocenters. The molecule has 0 saturated carbocycles. The van der Waals surface area contributed by atoms with Crippen LogP contribution in [0.1, 0.15) is 24.0 Å². The van der Waals surface area contributed by atoms with Gasteiger partial charge in [0, 0.05) is 0 Å². The summed E-state index contributed by atoms with van der Waals surface area (Å²) in [5, 5.41) is 0. The average Bonchev–Trinajstić information content (AvgIpc) is 2.26. The summed E-state index contributed by atoms with van der Waals surface area (Å²) >= 11 is 4.80. The Hall–Kier alpha value is -1.09. The van der Waals surface area contributed by atoms with E-state index in [4.69, 9.17) is 22.7 Å². The number of hydrogen-bond acceptors (Lipinski definition) is 2. The third-order valence-corrected chi connectivity index (χ3v) is 2.84. The molecule has 0 amide bonds. The van der Waals surface area contributed by atoms with Crippen LogP contribution in [0.4, 0.5) is 0 Å². The van der Waals surface area contributed by atoms with Crippen LogP contribution in [0.5, 0.6) is 5.75 Å². The van der Waals surface area contributed by atoms with Crippen molar-refractivity contribution in [2.45, 2.75) is 25.7 Å². The lowest BCUT2D eigenvalue weighted by molar-refractivity contribution is 0.370. The zero-order valence-corrected chi connectivity index (χ0v) is 9.48. The molecule has 1 aliphatic carbocycles. The van der Waals surface area contributed by atoms with Crippen molar-refractivity contribution in [1.82, 2.24) is 0 Å². The Bertz CT molecular complexity index is 376. The summed E-state index contributed by atoms with van der Waals surface area (Å²) in [6, 6.07) is 6.23. The van der Waals surface area contributed by atoms with E-state index in [2.05, 4.69) is 6.07 Å². The summed E-state index contributed by atoms with van der Waals surface area (Å²) in [4.78, 5) is 0.406. The van der Waals surface area contributed by atoms with E-state index < -0.39 is 0 Å². The van der Waals surface area contributed by atoms with Gasteiger partial charge in [-0.1, -0.05) is 24.4 Å². The van der Waals surface area contributed by atoms with Gasteiger partial charge < -0.3 is 10.5 Å². The Labute approximate surface area is 95.4 Å². The van der Waals surface area contributed by atoms with Gasteiger partial charge in [0.05, 0.1) is 0 Å². The number of nitrogens with two attached hydrogens (primary N) is 1. The molecule has 2 N–H and O–H groups in total. The molecular formula is C12H15NOS. The maximum atomic E-state index is 5.60. The molecule has 0 saturated heterocycles. The Morgan fingerprint density at radius 3 is 2.93 bits per heavy atom. The number of aryl methyl sites for hydroxylation is 1. The second kappa shape index (κ2) is 4.62. The minimum absolute atomic E-state index is 0.339. The Kier molecular flexibility index (Phi) is 3.21. The standard InChI is InChI=1S/C12H15NOS/c13-12(15)8-14-11-7-3-5-9-4-1-2-6-10(9)11/h3,5,7H,1-2,4,6,8H2,(H2,13,15). The average molecular weight is 221 g/mol. The molecule has 0 heterocycles. The first-order valence-corrected chi connectivity index (χ1v) is 5.70. The van der Waals surface area contributed by atoms with E-state index >= 15 is 0 Å². The Morgan fingerprint density at radius 1 is 1.33 bits per heavy atom. The van der Waals surface area contributed by atoms with Crippen molar-refractivity contribution in [2.24, 2.45) is 5.73 Å². The Morgan fingerprint density at radius 2 is 2.13 bits per heavy atom. The largest absolute Gasteiger partial charge is 0.486 e. The molecule has 15 heavy (non-hydrogen) atoms. The predicted octanol–water partition coefficient (Wildman–Crippen LogP) is 2.23. The molecule has 2 nitrogen and oxygen atoms in total. The highest BCUT2D eigenvalue weighted by molar-refractivity contribution is 7.80. The van der Waals surface area contributed by atoms with Crippen molar-refractivity contribution in [3.8, 4) is 5.75 Å². The molecule has 0 fully saturated rings. The summed E-state index contributed by atoms with van der Waals surface area (Å²) < 4.78 is 5.60. The van der Waals surface area contributed by atoms with E-state index in [0.717, 1.165) is 12.2 Å². The summed E-state index contributed by atoms with van der Waals surface area (Å²) in [5.74, 6) is 0.958. The number of benzene rings is 1. The molecule has 1 aliphatic rings. The van der Waals surface area contributed by atoms with E-state index in [9.17, 15) is 0 Å². The van der Waals surface area contributed by atoms with Crippen LogP contribution < -0.4 is 10.5 Å². The first kappa shape index (κ1) is 10.4. The van der Waals surface area contributed by atoms with Crippen LogP contribution in [-0.4, -0.2) is 11.6 Å². The number of fused-ring (bicyclic) bond motifs is 1. The Balaban J connectivity index is 2.19. The van der Waals surface area contributed by atoms with Gasteiger partial charge in [0.2, 0.25) is 0 Å². The van der Waals surface area contributed by atoms with Gasteiger partial charge in [-0.05, 0) is 42.9 Å². The van der Waals surface area contributed by atoms with Crippen LogP contribution in [-0.2, 0) is 12.8 Å². The zero-order chi connectivity index (χ0) is 10.7. The first-order chi connectivity index (χ1) is 7.27. The third kappa shape index (κ3) is 2.48. The van der Waals surface area contributed by atoms with Gasteiger partial charge in [0.25, 0.3) is 0 Å². The highest BCUT2D eigenvalue weighted by atomic mass is 32.1. The lowest BCUT2D eigenvalue weighted by atomic mass is 9.91. The minimum atomic E-state index is 0.339. The zero-order valence-electron chi connectivity index (χ0n) is 8.66. The van der Waals surface area contributed by atoms with Gasteiger partial charge in [-0.3, -0.25) is 0 Å². The topological polar surface area (TPSA) is 35.2 Å². The smallest absolute Gasteiger partial charge is 0.138 e. The van der Waals surface area contributed by atoms with Gasteiger partial charge in [0.1, 0.15) is 17.3 Å². The second-order valence-electron chi connectivity index (χ2n) is 3.86.